The maximum absolute atomic E-state index is 13.0. The quantitative estimate of drug-likeness (QED) is 0.160. The molecule has 5 aliphatic rings. The van der Waals surface area contributed by atoms with Gasteiger partial charge in [-0.05, 0) is 62.8 Å². The van der Waals surface area contributed by atoms with Crippen molar-refractivity contribution in [3.05, 3.63) is 82.1 Å². The molecule has 4 N–H and O–H groups in total. The van der Waals surface area contributed by atoms with Crippen molar-refractivity contribution in [3.63, 3.8) is 0 Å². The summed E-state index contributed by atoms with van der Waals surface area (Å²) in [4.78, 5) is 85.0. The van der Waals surface area contributed by atoms with E-state index in [0.29, 0.717) is 102 Å². The van der Waals surface area contributed by atoms with Crippen LogP contribution in [0.3, 0.4) is 0 Å². The number of hydrogen-bond donors (Lipinski definition) is 4. The van der Waals surface area contributed by atoms with Gasteiger partial charge in [-0.2, -0.15) is 9.97 Å². The van der Waals surface area contributed by atoms with E-state index in [0.717, 1.165) is 24.0 Å². The highest BCUT2D eigenvalue weighted by atomic mass is 35.5. The number of carbonyl (C=O) groups is 5. The van der Waals surface area contributed by atoms with Crippen LogP contribution in [0.4, 0.5) is 49.3 Å². The Kier molecular flexibility index (Phi) is 11.0. The standard InChI is InChI=1S/C21H22ClN7O3.C19H20ClN5O2/c1-28-16-12(11-29(20(28)32)15-5-3-2-4-14(15)22)10-23-18(25-16)24-13-6-8-21(9-7-13)17(30)26-19(31)27-21;1-24-17-12(11-25(19(24)27)16-5-3-2-4-15(16)20)10-21-18(23-17)22-13-6-8-14(26)9-7-13/h2-5,10,13H,6-9,11H2,1H3,(H,23,24,25)(H2,26,27,30,31);2-5,10,13H,6-9,11H2,1H3,(H,21,22,23). The number of fused-ring (bicyclic) bond motifs is 2. The number of nitrogens with zero attached hydrogens (tertiary/aromatic N) is 8. The van der Waals surface area contributed by atoms with Crippen LogP contribution in [-0.2, 0) is 22.7 Å². The highest BCUT2D eigenvalue weighted by Crippen LogP contribution is 2.36. The Morgan fingerprint density at radius 3 is 1.58 bits per heavy atom. The Labute approximate surface area is 349 Å². The van der Waals surface area contributed by atoms with E-state index in [1.165, 1.54) is 9.80 Å². The van der Waals surface area contributed by atoms with Crippen molar-refractivity contribution < 1.29 is 24.0 Å². The van der Waals surface area contributed by atoms with E-state index >= 15 is 0 Å². The Hall–Kier alpha value is -6.07. The van der Waals surface area contributed by atoms with Crippen molar-refractivity contribution in [2.24, 2.45) is 0 Å². The Balaban J connectivity index is 0.000000167. The first-order chi connectivity index (χ1) is 28.4. The molecule has 306 valence electrons. The third-order valence-corrected chi connectivity index (χ3v) is 12.0. The highest BCUT2D eigenvalue weighted by molar-refractivity contribution is 6.34. The molecule has 19 heteroatoms. The molecule has 3 fully saturated rings. The summed E-state index contributed by atoms with van der Waals surface area (Å²) in [6.45, 7) is 0.684. The lowest BCUT2D eigenvalue weighted by Crippen LogP contribution is -2.51. The monoisotopic (exact) mass is 840 g/mol. The number of ketones is 1. The number of halogens is 2. The van der Waals surface area contributed by atoms with E-state index in [4.69, 9.17) is 23.2 Å². The number of amides is 7. The molecule has 17 nitrogen and oxygen atoms in total. The van der Waals surface area contributed by atoms with Crippen LogP contribution in [0.15, 0.2) is 60.9 Å². The number of anilines is 6. The number of nitrogens with one attached hydrogen (secondary N) is 4. The molecule has 2 aromatic carbocycles. The van der Waals surface area contributed by atoms with Crippen LogP contribution in [-0.4, -0.2) is 81.4 Å². The van der Waals surface area contributed by atoms with E-state index in [1.54, 1.807) is 54.5 Å². The zero-order valence-electron chi connectivity index (χ0n) is 32.4. The average Bonchev–Trinajstić information content (AvgIpc) is 3.51. The lowest BCUT2D eigenvalue weighted by Gasteiger charge is -2.36. The van der Waals surface area contributed by atoms with Gasteiger partial charge in [0.15, 0.2) is 0 Å². The van der Waals surface area contributed by atoms with E-state index in [9.17, 15) is 24.0 Å². The molecule has 1 saturated heterocycles. The minimum Gasteiger partial charge on any atom is -0.351 e. The number of Topliss-reactive ketones (excluding diaryl/α,β-unsaturated/α-hetero) is 1. The Morgan fingerprint density at radius 1 is 0.678 bits per heavy atom. The van der Waals surface area contributed by atoms with Gasteiger partial charge in [-0.15, -0.1) is 0 Å². The second kappa shape index (κ2) is 16.3. The van der Waals surface area contributed by atoms with Crippen LogP contribution in [0.25, 0.3) is 0 Å². The summed E-state index contributed by atoms with van der Waals surface area (Å²) >= 11 is 12.6. The fraction of sp³-hybridized carbons (Fsp3) is 0.375. The van der Waals surface area contributed by atoms with E-state index in [2.05, 4.69) is 41.2 Å². The zero-order valence-corrected chi connectivity index (χ0v) is 33.9. The van der Waals surface area contributed by atoms with Gasteiger partial charge in [0.25, 0.3) is 5.91 Å². The number of benzene rings is 2. The lowest BCUT2D eigenvalue weighted by atomic mass is 9.79. The largest absolute Gasteiger partial charge is 0.351 e. The maximum atomic E-state index is 13.0. The highest BCUT2D eigenvalue weighted by Gasteiger charge is 2.48. The van der Waals surface area contributed by atoms with Crippen molar-refractivity contribution in [1.29, 1.82) is 0 Å². The van der Waals surface area contributed by atoms with Crippen molar-refractivity contribution in [2.75, 3.05) is 44.3 Å². The predicted octanol–water partition coefficient (Wildman–Crippen LogP) is 6.27. The molecule has 0 radical (unpaired) electrons. The molecule has 3 aliphatic heterocycles. The predicted molar refractivity (Wildman–Crippen MR) is 223 cm³/mol. The molecule has 0 unspecified atom stereocenters. The second-order valence-electron chi connectivity index (χ2n) is 15.2. The molecule has 7 amide bonds. The van der Waals surface area contributed by atoms with Crippen molar-refractivity contribution in [1.82, 2.24) is 30.6 Å². The molecule has 1 spiro atoms. The molecule has 2 aliphatic carbocycles. The van der Waals surface area contributed by atoms with Crippen LogP contribution in [0.1, 0.15) is 62.5 Å². The number of rotatable bonds is 6. The fourth-order valence-corrected chi connectivity index (χ4v) is 8.54. The first-order valence-electron chi connectivity index (χ1n) is 19.4. The van der Waals surface area contributed by atoms with Crippen molar-refractivity contribution >= 4 is 87.9 Å². The molecule has 4 aromatic rings. The molecule has 2 saturated carbocycles. The summed E-state index contributed by atoms with van der Waals surface area (Å²) in [6, 6.07) is 13.9. The van der Waals surface area contributed by atoms with Crippen molar-refractivity contribution in [3.8, 4) is 0 Å². The number of urea groups is 3. The van der Waals surface area contributed by atoms with Crippen LogP contribution >= 0.6 is 23.2 Å². The molecule has 2 aromatic heterocycles. The summed E-state index contributed by atoms with van der Waals surface area (Å²) in [5, 5.41) is 12.7. The smallest absolute Gasteiger partial charge is 0.330 e. The van der Waals surface area contributed by atoms with Gasteiger partial charge < -0.3 is 16.0 Å². The van der Waals surface area contributed by atoms with E-state index < -0.39 is 11.6 Å². The van der Waals surface area contributed by atoms with Gasteiger partial charge in [-0.1, -0.05) is 47.5 Å². The summed E-state index contributed by atoms with van der Waals surface area (Å²) < 4.78 is 0. The molecular weight excluding hydrogens is 799 g/mol. The Bertz CT molecular complexity index is 2330. The third kappa shape index (κ3) is 8.04. The van der Waals surface area contributed by atoms with Gasteiger partial charge in [0.1, 0.15) is 23.0 Å². The number of hydrogen-bond acceptors (Lipinski definition) is 11. The summed E-state index contributed by atoms with van der Waals surface area (Å²) in [5.74, 6) is 2.10. The first-order valence-corrected chi connectivity index (χ1v) is 20.1. The van der Waals surface area contributed by atoms with E-state index in [1.807, 2.05) is 30.3 Å². The van der Waals surface area contributed by atoms with Crippen LogP contribution in [0.5, 0.6) is 0 Å². The van der Waals surface area contributed by atoms with Gasteiger partial charge in [-0.3, -0.25) is 34.5 Å². The Morgan fingerprint density at radius 2 is 1.14 bits per heavy atom. The van der Waals surface area contributed by atoms with Crippen molar-refractivity contribution in [2.45, 2.75) is 82.1 Å². The summed E-state index contributed by atoms with van der Waals surface area (Å²) in [6.07, 6.45) is 8.66. The SMILES string of the molecule is CN1C(=O)N(c2ccccc2Cl)Cc2cnc(NC3CCC(=O)CC3)nc21.CN1C(=O)N(c2ccccc2Cl)Cc2cnc(NC3CCC4(CC3)NC(=O)NC4=O)nc21. The molecule has 0 bridgehead atoms. The third-order valence-electron chi connectivity index (χ3n) is 11.4. The molecule has 5 heterocycles. The van der Waals surface area contributed by atoms with Gasteiger partial charge in [-0.25, -0.2) is 24.4 Å². The molecule has 0 atom stereocenters. The zero-order chi connectivity index (χ0) is 41.4. The molecule has 59 heavy (non-hydrogen) atoms. The fourth-order valence-electron chi connectivity index (χ4n) is 8.06. The van der Waals surface area contributed by atoms with Gasteiger partial charge in [0.2, 0.25) is 11.9 Å². The van der Waals surface area contributed by atoms with E-state index in [-0.39, 0.29) is 30.1 Å². The minimum atomic E-state index is -0.805. The number of imide groups is 1. The average molecular weight is 842 g/mol. The normalized spacial score (nSPS) is 21.7. The van der Waals surface area contributed by atoms with Gasteiger partial charge in [0, 0.05) is 62.5 Å². The van der Waals surface area contributed by atoms with Crippen LogP contribution in [0, 0.1) is 0 Å². The van der Waals surface area contributed by atoms with Crippen LogP contribution < -0.4 is 40.9 Å². The summed E-state index contributed by atoms with van der Waals surface area (Å²) in [5.41, 5.74) is 2.15. The second-order valence-corrected chi connectivity index (χ2v) is 16.0. The topological polar surface area (TPSA) is 198 Å². The number of aromatic nitrogens is 4. The number of carbonyl (C=O) groups excluding carboxylic acids is 5. The first kappa shape index (κ1) is 39.7. The maximum Gasteiger partial charge on any atom is 0.330 e. The molecule has 9 rings (SSSR count). The number of para-hydroxylation sites is 2. The molecular formula is C40H42Cl2N12O5. The van der Waals surface area contributed by atoms with Crippen LogP contribution in [0.2, 0.25) is 10.0 Å². The van der Waals surface area contributed by atoms with Gasteiger partial charge in [0.05, 0.1) is 34.5 Å². The minimum absolute atomic E-state index is 0.0631. The summed E-state index contributed by atoms with van der Waals surface area (Å²) in [7, 11) is 3.37. The van der Waals surface area contributed by atoms with Gasteiger partial charge >= 0.3 is 18.1 Å². The lowest BCUT2D eigenvalue weighted by molar-refractivity contribution is -0.125.